The maximum absolute atomic E-state index is 12.1. The first kappa shape index (κ1) is 18.2. The second-order valence-electron chi connectivity index (χ2n) is 7.65. The van der Waals surface area contributed by atoms with Crippen molar-refractivity contribution in [2.75, 3.05) is 11.9 Å². The molecule has 3 heterocycles. The number of fused-ring (bicyclic) bond motifs is 1. The summed E-state index contributed by atoms with van der Waals surface area (Å²) < 4.78 is 1.73. The van der Waals surface area contributed by atoms with Gasteiger partial charge < -0.3 is 9.47 Å². The molecule has 4 rings (SSSR count). The number of nitrogens with zero attached hydrogens (tertiary/aromatic N) is 3. The van der Waals surface area contributed by atoms with Crippen molar-refractivity contribution in [3.05, 3.63) is 70.4 Å². The Morgan fingerprint density at radius 1 is 0.964 bits per heavy atom. The van der Waals surface area contributed by atoms with E-state index >= 15 is 0 Å². The first-order chi connectivity index (χ1) is 13.3. The van der Waals surface area contributed by atoms with Crippen LogP contribution in [0.5, 0.6) is 0 Å². The third-order valence-electron chi connectivity index (χ3n) is 5.33. The van der Waals surface area contributed by atoms with Crippen molar-refractivity contribution in [2.24, 2.45) is 0 Å². The van der Waals surface area contributed by atoms with Gasteiger partial charge >= 0.3 is 0 Å². The average molecular weight is 373 g/mol. The van der Waals surface area contributed by atoms with Crippen LogP contribution in [-0.4, -0.2) is 22.5 Å². The van der Waals surface area contributed by atoms with Gasteiger partial charge in [-0.1, -0.05) is 0 Å². The van der Waals surface area contributed by atoms with Gasteiger partial charge in [0.1, 0.15) is 0 Å². The Morgan fingerprint density at radius 2 is 1.68 bits per heavy atom. The maximum atomic E-state index is 12.1. The zero-order valence-corrected chi connectivity index (χ0v) is 16.6. The highest BCUT2D eigenvalue weighted by Gasteiger charge is 2.26. The van der Waals surface area contributed by atoms with Crippen molar-refractivity contribution in [1.29, 1.82) is 0 Å². The molecule has 1 aliphatic rings. The van der Waals surface area contributed by atoms with E-state index < -0.39 is 0 Å². The predicted octanol–water partition coefficient (Wildman–Crippen LogP) is 3.99. The second kappa shape index (κ2) is 6.75. The molecule has 0 fully saturated rings. The van der Waals surface area contributed by atoms with Crippen molar-refractivity contribution >= 4 is 11.6 Å². The van der Waals surface area contributed by atoms with E-state index in [0.29, 0.717) is 6.42 Å². The first-order valence-corrected chi connectivity index (χ1v) is 9.43. The van der Waals surface area contributed by atoms with E-state index in [9.17, 15) is 9.59 Å². The largest absolute Gasteiger partial charge is 0.315 e. The molecule has 0 saturated carbocycles. The van der Waals surface area contributed by atoms with Gasteiger partial charge in [-0.15, -0.1) is 0 Å². The van der Waals surface area contributed by atoms with Crippen LogP contribution in [-0.2, 0) is 11.2 Å². The lowest BCUT2D eigenvalue weighted by Gasteiger charge is -2.15. The van der Waals surface area contributed by atoms with Crippen molar-refractivity contribution in [3.63, 3.8) is 0 Å². The van der Waals surface area contributed by atoms with Crippen LogP contribution in [0.25, 0.3) is 22.3 Å². The first-order valence-electron chi connectivity index (χ1n) is 9.43. The Morgan fingerprint density at radius 3 is 2.39 bits per heavy atom. The van der Waals surface area contributed by atoms with Crippen LogP contribution in [0.15, 0.2) is 53.7 Å². The fraction of sp³-hybridized carbons (Fsp3) is 0.261. The third-order valence-corrected chi connectivity index (χ3v) is 5.33. The summed E-state index contributed by atoms with van der Waals surface area (Å²) in [4.78, 5) is 30.3. The van der Waals surface area contributed by atoms with Crippen LogP contribution >= 0.6 is 0 Å². The smallest absolute Gasteiger partial charge is 0.250 e. The number of amides is 1. The van der Waals surface area contributed by atoms with Crippen LogP contribution in [0.4, 0.5) is 5.69 Å². The molecule has 142 valence electrons. The summed E-state index contributed by atoms with van der Waals surface area (Å²) in [7, 11) is 1.83. The van der Waals surface area contributed by atoms with Crippen LogP contribution in [0.3, 0.4) is 0 Å². The van der Waals surface area contributed by atoms with Crippen LogP contribution in [0.1, 0.15) is 31.0 Å². The number of hydrogen-bond donors (Lipinski definition) is 0. The van der Waals surface area contributed by atoms with Gasteiger partial charge in [-0.25, -0.2) is 0 Å². The normalized spacial score (nSPS) is 13.3. The van der Waals surface area contributed by atoms with Gasteiger partial charge in [0.05, 0.1) is 6.42 Å². The molecular weight excluding hydrogens is 350 g/mol. The van der Waals surface area contributed by atoms with E-state index in [1.54, 1.807) is 15.5 Å². The quantitative estimate of drug-likeness (QED) is 0.698. The van der Waals surface area contributed by atoms with Gasteiger partial charge in [0.25, 0.3) is 5.56 Å². The van der Waals surface area contributed by atoms with Crippen molar-refractivity contribution < 1.29 is 4.79 Å². The van der Waals surface area contributed by atoms with E-state index in [2.05, 4.69) is 23.2 Å². The van der Waals surface area contributed by atoms with E-state index in [4.69, 9.17) is 0 Å². The summed E-state index contributed by atoms with van der Waals surface area (Å²) in [5.74, 6) is 0.123. The number of pyridine rings is 2. The molecule has 0 unspecified atom stereocenters. The molecule has 0 aliphatic carbocycles. The summed E-state index contributed by atoms with van der Waals surface area (Å²) in [5, 5.41) is 0. The average Bonchev–Trinajstić information content (AvgIpc) is 2.96. The fourth-order valence-electron chi connectivity index (χ4n) is 3.87. The molecule has 5 nitrogen and oxygen atoms in total. The van der Waals surface area contributed by atoms with Crippen molar-refractivity contribution in [2.45, 2.75) is 33.2 Å². The summed E-state index contributed by atoms with van der Waals surface area (Å²) >= 11 is 0. The van der Waals surface area contributed by atoms with Gasteiger partial charge in [0.15, 0.2) is 0 Å². The molecule has 0 radical (unpaired) electrons. The van der Waals surface area contributed by atoms with Gasteiger partial charge in [0, 0.05) is 54.6 Å². The highest BCUT2D eigenvalue weighted by Crippen LogP contribution is 2.36. The lowest BCUT2D eigenvalue weighted by atomic mass is 9.97. The molecule has 2 aromatic heterocycles. The van der Waals surface area contributed by atoms with Gasteiger partial charge in [-0.05, 0) is 67.3 Å². The van der Waals surface area contributed by atoms with Crippen molar-refractivity contribution in [1.82, 2.24) is 9.55 Å². The Labute approximate surface area is 164 Å². The number of aromatic nitrogens is 2. The molecule has 1 aromatic carbocycles. The third kappa shape index (κ3) is 3.03. The predicted molar refractivity (Wildman–Crippen MR) is 112 cm³/mol. The fourth-order valence-corrected chi connectivity index (χ4v) is 3.87. The Balaban J connectivity index is 1.78. The Bertz CT molecular complexity index is 1140. The monoisotopic (exact) mass is 373 g/mol. The molecular formula is C23H23N3O2. The van der Waals surface area contributed by atoms with Gasteiger partial charge in [-0.2, -0.15) is 0 Å². The molecule has 1 aliphatic heterocycles. The minimum atomic E-state index is -0.00843. The lowest BCUT2D eigenvalue weighted by Crippen LogP contribution is -2.21. The van der Waals surface area contributed by atoms with Crippen LogP contribution < -0.4 is 10.5 Å². The molecule has 28 heavy (non-hydrogen) atoms. The minimum Gasteiger partial charge on any atom is -0.315 e. The van der Waals surface area contributed by atoms with E-state index in [1.807, 2.05) is 52.5 Å². The molecule has 5 heteroatoms. The molecule has 0 N–H and O–H groups in total. The second-order valence-corrected chi connectivity index (χ2v) is 7.65. The zero-order valence-electron chi connectivity index (χ0n) is 16.6. The minimum absolute atomic E-state index is 0.00843. The molecule has 0 bridgehead atoms. The number of carbonyl (C=O) groups is 1. The van der Waals surface area contributed by atoms with Crippen LogP contribution in [0, 0.1) is 6.92 Å². The van der Waals surface area contributed by atoms with Gasteiger partial charge in [-0.3, -0.25) is 14.6 Å². The molecule has 0 spiro atoms. The standard InChI is InChI=1S/C23H23N3O2/c1-14(2)26-13-16(5-6-21(26)27)19-9-20(12-24-11-19)17-7-15(3)23-18(8-17)10-22(28)25(23)4/h5-9,11-14H,10H2,1-4H3. The number of hydrogen-bond acceptors (Lipinski definition) is 3. The highest BCUT2D eigenvalue weighted by atomic mass is 16.2. The molecule has 0 saturated heterocycles. The Kier molecular flexibility index (Phi) is 4.38. The maximum Gasteiger partial charge on any atom is 0.250 e. The topological polar surface area (TPSA) is 55.2 Å². The molecule has 1 amide bonds. The van der Waals surface area contributed by atoms with E-state index in [1.165, 1.54) is 0 Å². The number of rotatable bonds is 3. The number of benzene rings is 1. The highest BCUT2D eigenvalue weighted by molar-refractivity contribution is 6.02. The van der Waals surface area contributed by atoms with Crippen LogP contribution in [0.2, 0.25) is 0 Å². The van der Waals surface area contributed by atoms with Gasteiger partial charge in [0.2, 0.25) is 5.91 Å². The summed E-state index contributed by atoms with van der Waals surface area (Å²) in [6.45, 7) is 6.02. The number of anilines is 1. The summed E-state index contributed by atoms with van der Waals surface area (Å²) in [6.07, 6.45) is 5.97. The van der Waals surface area contributed by atoms with E-state index in [0.717, 1.165) is 39.1 Å². The lowest BCUT2D eigenvalue weighted by molar-refractivity contribution is -0.117. The number of likely N-dealkylation sites (N-methyl/N-ethyl adjacent to an activating group) is 1. The molecule has 3 aromatic rings. The number of carbonyl (C=O) groups excluding carboxylic acids is 1. The Hall–Kier alpha value is -3.21. The SMILES string of the molecule is Cc1cc(-c2cncc(-c3ccc(=O)n(C(C)C)c3)c2)cc2c1N(C)C(=O)C2. The van der Waals surface area contributed by atoms with E-state index in [-0.39, 0.29) is 17.5 Å². The zero-order chi connectivity index (χ0) is 20.0. The number of aryl methyl sites for hydroxylation is 1. The summed E-state index contributed by atoms with van der Waals surface area (Å²) in [5.41, 5.74) is 7.10. The molecule has 0 atom stereocenters. The summed E-state index contributed by atoms with van der Waals surface area (Å²) in [6, 6.07) is 9.80. The van der Waals surface area contributed by atoms with Crippen molar-refractivity contribution in [3.8, 4) is 22.3 Å².